The van der Waals surface area contributed by atoms with E-state index in [2.05, 4.69) is 15.1 Å². The molecule has 6 nitrogen and oxygen atoms in total. The van der Waals surface area contributed by atoms with Crippen LogP contribution in [0.2, 0.25) is 0 Å². The summed E-state index contributed by atoms with van der Waals surface area (Å²) in [5.74, 6) is 2.18. The van der Waals surface area contributed by atoms with Crippen LogP contribution in [-0.2, 0) is 0 Å². The van der Waals surface area contributed by atoms with E-state index in [1.807, 2.05) is 48.7 Å². The molecule has 0 saturated heterocycles. The maximum Gasteiger partial charge on any atom is 0.266 e. The van der Waals surface area contributed by atoms with Crippen molar-refractivity contribution >= 4 is 28.7 Å². The molecule has 1 N–H and O–H groups in total. The highest BCUT2D eigenvalue weighted by molar-refractivity contribution is 7.99. The van der Waals surface area contributed by atoms with Gasteiger partial charge in [-0.2, -0.15) is 0 Å². The number of fused-ring (bicyclic) bond motifs is 1. The molecule has 3 aromatic heterocycles. The van der Waals surface area contributed by atoms with Gasteiger partial charge in [0.05, 0.1) is 11.5 Å². The summed E-state index contributed by atoms with van der Waals surface area (Å²) in [6.45, 7) is 2.58. The van der Waals surface area contributed by atoms with E-state index in [1.54, 1.807) is 15.9 Å². The average Bonchev–Trinajstić information content (AvgIpc) is 3.27. The van der Waals surface area contributed by atoms with Crippen molar-refractivity contribution in [3.8, 4) is 16.5 Å². The van der Waals surface area contributed by atoms with E-state index >= 15 is 0 Å². The molecule has 0 aliphatic rings. The lowest BCUT2D eigenvalue weighted by atomic mass is 10.2. The first-order chi connectivity index (χ1) is 12.7. The lowest BCUT2D eigenvalue weighted by molar-refractivity contribution is 0.343. The SMILES string of the molecule is Cc1cccc(OCCSc2nc(-c3cccs3)nc3cc(=O)[nH]n23)c1. The van der Waals surface area contributed by atoms with Gasteiger partial charge in [-0.1, -0.05) is 30.0 Å². The number of thiophene rings is 1. The molecule has 4 rings (SSSR count). The Balaban J connectivity index is 1.52. The number of thioether (sulfide) groups is 1. The maximum absolute atomic E-state index is 11.7. The maximum atomic E-state index is 11.7. The van der Waals surface area contributed by atoms with E-state index in [4.69, 9.17) is 4.74 Å². The van der Waals surface area contributed by atoms with Crippen LogP contribution >= 0.6 is 23.1 Å². The van der Waals surface area contributed by atoms with Gasteiger partial charge in [0.1, 0.15) is 5.75 Å². The lowest BCUT2D eigenvalue weighted by Crippen LogP contribution is -2.06. The second-order valence-electron chi connectivity index (χ2n) is 5.63. The highest BCUT2D eigenvalue weighted by Crippen LogP contribution is 2.24. The van der Waals surface area contributed by atoms with Crippen LogP contribution in [0, 0.1) is 6.92 Å². The average molecular weight is 384 g/mol. The Morgan fingerprint density at radius 1 is 1.23 bits per heavy atom. The topological polar surface area (TPSA) is 72.3 Å². The van der Waals surface area contributed by atoms with Crippen molar-refractivity contribution in [3.63, 3.8) is 0 Å². The largest absolute Gasteiger partial charge is 0.493 e. The van der Waals surface area contributed by atoms with E-state index in [1.165, 1.54) is 17.8 Å². The van der Waals surface area contributed by atoms with Gasteiger partial charge in [0.25, 0.3) is 5.56 Å². The molecular formula is C18H16N4O2S2. The van der Waals surface area contributed by atoms with Crippen molar-refractivity contribution < 1.29 is 4.74 Å². The number of rotatable bonds is 6. The zero-order chi connectivity index (χ0) is 17.9. The summed E-state index contributed by atoms with van der Waals surface area (Å²) >= 11 is 3.09. The Kier molecular flexibility index (Phi) is 4.77. The molecule has 0 radical (unpaired) electrons. The molecule has 0 bridgehead atoms. The summed E-state index contributed by atoms with van der Waals surface area (Å²) in [5, 5.41) is 5.41. The Morgan fingerprint density at radius 3 is 2.96 bits per heavy atom. The number of hydrogen-bond donors (Lipinski definition) is 1. The Morgan fingerprint density at radius 2 is 2.15 bits per heavy atom. The Hall–Kier alpha value is -2.58. The minimum Gasteiger partial charge on any atom is -0.493 e. The number of aryl methyl sites for hydroxylation is 1. The smallest absolute Gasteiger partial charge is 0.266 e. The summed E-state index contributed by atoms with van der Waals surface area (Å²) in [6, 6.07) is 13.4. The monoisotopic (exact) mass is 384 g/mol. The molecule has 26 heavy (non-hydrogen) atoms. The van der Waals surface area contributed by atoms with Crippen molar-refractivity contribution in [2.24, 2.45) is 0 Å². The van der Waals surface area contributed by atoms with Crippen LogP contribution in [0.15, 0.2) is 57.8 Å². The second-order valence-corrected chi connectivity index (χ2v) is 7.64. The number of aromatic nitrogens is 4. The fraction of sp³-hybridized carbons (Fsp3) is 0.167. The van der Waals surface area contributed by atoms with Crippen LogP contribution in [0.5, 0.6) is 5.75 Å². The molecule has 1 aromatic carbocycles. The van der Waals surface area contributed by atoms with Crippen LogP contribution in [-0.4, -0.2) is 31.9 Å². The predicted octanol–water partition coefficient (Wildman–Crippen LogP) is 3.63. The van der Waals surface area contributed by atoms with Gasteiger partial charge >= 0.3 is 0 Å². The van der Waals surface area contributed by atoms with Gasteiger partial charge in [-0.15, -0.1) is 11.3 Å². The van der Waals surface area contributed by atoms with Gasteiger partial charge in [-0.25, -0.2) is 14.5 Å². The third kappa shape index (κ3) is 3.66. The van der Waals surface area contributed by atoms with E-state index in [0.29, 0.717) is 29.0 Å². The van der Waals surface area contributed by atoms with E-state index < -0.39 is 0 Å². The summed E-state index contributed by atoms with van der Waals surface area (Å²) in [5.41, 5.74) is 1.54. The number of hydrogen-bond acceptors (Lipinski definition) is 6. The van der Waals surface area contributed by atoms with Crippen LogP contribution in [0.3, 0.4) is 0 Å². The number of benzene rings is 1. The van der Waals surface area contributed by atoms with E-state index in [-0.39, 0.29) is 5.56 Å². The van der Waals surface area contributed by atoms with Gasteiger partial charge in [0.2, 0.25) is 0 Å². The molecule has 0 unspecified atom stereocenters. The predicted molar refractivity (Wildman–Crippen MR) is 104 cm³/mol. The summed E-state index contributed by atoms with van der Waals surface area (Å²) in [4.78, 5) is 21.8. The Labute approximate surface area is 157 Å². The number of ether oxygens (including phenoxy) is 1. The van der Waals surface area contributed by atoms with Gasteiger partial charge in [0.15, 0.2) is 16.6 Å². The molecule has 0 aliphatic carbocycles. The van der Waals surface area contributed by atoms with Crippen molar-refractivity contribution in [1.82, 2.24) is 19.6 Å². The lowest BCUT2D eigenvalue weighted by Gasteiger charge is -2.08. The van der Waals surface area contributed by atoms with Gasteiger partial charge in [-0.05, 0) is 36.1 Å². The van der Waals surface area contributed by atoms with Crippen molar-refractivity contribution in [3.05, 3.63) is 63.8 Å². The first-order valence-corrected chi connectivity index (χ1v) is 9.91. The number of nitrogens with zero attached hydrogens (tertiary/aromatic N) is 3. The quantitative estimate of drug-likeness (QED) is 0.406. The van der Waals surface area contributed by atoms with Crippen LogP contribution in [0.25, 0.3) is 16.3 Å². The minimum absolute atomic E-state index is 0.194. The van der Waals surface area contributed by atoms with Crippen molar-refractivity contribution in [1.29, 1.82) is 0 Å². The highest BCUT2D eigenvalue weighted by atomic mass is 32.2. The molecule has 132 valence electrons. The van der Waals surface area contributed by atoms with Gasteiger partial charge in [0, 0.05) is 11.8 Å². The van der Waals surface area contributed by atoms with Gasteiger partial charge < -0.3 is 4.74 Å². The molecule has 0 amide bonds. The molecule has 3 heterocycles. The fourth-order valence-electron chi connectivity index (χ4n) is 2.49. The van der Waals surface area contributed by atoms with E-state index in [9.17, 15) is 4.79 Å². The Bertz CT molecular complexity index is 1090. The summed E-state index contributed by atoms with van der Waals surface area (Å²) in [7, 11) is 0. The molecule has 0 saturated carbocycles. The first-order valence-electron chi connectivity index (χ1n) is 8.05. The number of nitrogens with one attached hydrogen (secondary N) is 1. The number of H-pyrrole nitrogens is 1. The van der Waals surface area contributed by atoms with Crippen LogP contribution < -0.4 is 10.3 Å². The van der Waals surface area contributed by atoms with Crippen molar-refractivity contribution in [2.45, 2.75) is 12.1 Å². The normalized spacial score (nSPS) is 11.1. The highest BCUT2D eigenvalue weighted by Gasteiger charge is 2.12. The molecule has 0 fully saturated rings. The van der Waals surface area contributed by atoms with E-state index in [0.717, 1.165) is 16.2 Å². The molecule has 8 heteroatoms. The summed E-state index contributed by atoms with van der Waals surface area (Å²) < 4.78 is 7.41. The van der Waals surface area contributed by atoms with Gasteiger partial charge in [-0.3, -0.25) is 9.89 Å². The molecule has 0 spiro atoms. The second kappa shape index (κ2) is 7.35. The standard InChI is InChI=1S/C18H16N4O2S2/c1-12-4-2-5-13(10-12)24-7-9-26-18-20-17(14-6-3-8-25-14)19-15-11-16(23)21-22(15)18/h2-6,8,10-11H,7,9H2,1H3,(H,21,23). The van der Waals surface area contributed by atoms with Crippen LogP contribution in [0.1, 0.15) is 5.56 Å². The number of aromatic amines is 1. The third-order valence-corrected chi connectivity index (χ3v) is 5.41. The zero-order valence-corrected chi connectivity index (χ0v) is 15.6. The third-order valence-electron chi connectivity index (χ3n) is 3.64. The fourth-order valence-corrected chi connectivity index (χ4v) is 3.92. The minimum atomic E-state index is -0.194. The molecule has 0 aliphatic heterocycles. The molecule has 4 aromatic rings. The van der Waals surface area contributed by atoms with Crippen LogP contribution in [0.4, 0.5) is 0 Å². The summed E-state index contributed by atoms with van der Waals surface area (Å²) in [6.07, 6.45) is 0. The zero-order valence-electron chi connectivity index (χ0n) is 14.0. The first kappa shape index (κ1) is 16.9. The molecular weight excluding hydrogens is 368 g/mol. The molecule has 0 atom stereocenters. The van der Waals surface area contributed by atoms with Crippen molar-refractivity contribution in [2.75, 3.05) is 12.4 Å².